The van der Waals surface area contributed by atoms with Crippen molar-refractivity contribution in [2.45, 2.75) is 37.8 Å². The van der Waals surface area contributed by atoms with Crippen molar-refractivity contribution in [1.82, 2.24) is 20.2 Å². The molecule has 8 heteroatoms. The van der Waals surface area contributed by atoms with Gasteiger partial charge in [-0.3, -0.25) is 0 Å². The molecule has 0 bridgehead atoms. The molecular formula is C20H24N4O3S. The van der Waals surface area contributed by atoms with E-state index in [0.717, 1.165) is 46.0 Å². The second-order valence-electron chi connectivity index (χ2n) is 7.24. The largest absolute Gasteiger partial charge is 0.474 e. The van der Waals surface area contributed by atoms with Gasteiger partial charge < -0.3 is 19.7 Å². The molecule has 1 fully saturated rings. The van der Waals surface area contributed by atoms with Crippen molar-refractivity contribution in [1.29, 1.82) is 0 Å². The van der Waals surface area contributed by atoms with Crippen LogP contribution in [0.15, 0.2) is 24.5 Å². The Morgan fingerprint density at radius 2 is 1.96 bits per heavy atom. The summed E-state index contributed by atoms with van der Waals surface area (Å²) in [6.07, 6.45) is 5.39. The topological polar surface area (TPSA) is 76.6 Å². The van der Waals surface area contributed by atoms with Crippen molar-refractivity contribution in [2.75, 3.05) is 21.1 Å². The number of hydrogen-bond acceptors (Lipinski definition) is 7. The summed E-state index contributed by atoms with van der Waals surface area (Å²) in [5.41, 5.74) is 0. The van der Waals surface area contributed by atoms with Crippen LogP contribution in [0.4, 0.5) is 4.79 Å². The van der Waals surface area contributed by atoms with E-state index in [9.17, 15) is 4.79 Å². The predicted molar refractivity (Wildman–Crippen MR) is 110 cm³/mol. The quantitative estimate of drug-likeness (QED) is 0.718. The summed E-state index contributed by atoms with van der Waals surface area (Å²) in [7, 11) is 5.80. The molecule has 0 saturated heterocycles. The molecule has 148 valence electrons. The number of hydrogen-bond donors (Lipinski definition) is 1. The maximum absolute atomic E-state index is 11.8. The summed E-state index contributed by atoms with van der Waals surface area (Å²) in [5, 5.41) is 4.13. The number of rotatable bonds is 4. The number of aromatic nitrogens is 2. The molecule has 1 amide bonds. The van der Waals surface area contributed by atoms with Gasteiger partial charge in [-0.15, -0.1) is 11.3 Å². The summed E-state index contributed by atoms with van der Waals surface area (Å²) in [6, 6.07) is 6.25. The van der Waals surface area contributed by atoms with Crippen molar-refractivity contribution >= 4 is 37.7 Å². The monoisotopic (exact) mass is 400 g/mol. The molecule has 0 radical (unpaired) electrons. The fraction of sp³-hybridized carbons (Fsp3) is 0.450. The van der Waals surface area contributed by atoms with Crippen LogP contribution in [-0.2, 0) is 0 Å². The first-order valence-electron chi connectivity index (χ1n) is 9.45. The average molecular weight is 401 g/mol. The number of nitrogens with one attached hydrogen (secondary N) is 1. The summed E-state index contributed by atoms with van der Waals surface area (Å²) in [6.45, 7) is 0. The van der Waals surface area contributed by atoms with Gasteiger partial charge in [0.05, 0.1) is 10.8 Å². The maximum Gasteiger partial charge on any atom is 0.412 e. The third-order valence-electron chi connectivity index (χ3n) is 5.28. The fourth-order valence-electron chi connectivity index (χ4n) is 3.75. The first kappa shape index (κ1) is 18.9. The minimum atomic E-state index is -0.506. The Labute approximate surface area is 167 Å². The molecule has 1 saturated carbocycles. The smallest absolute Gasteiger partial charge is 0.412 e. The van der Waals surface area contributed by atoms with Crippen LogP contribution in [0, 0.1) is 0 Å². The lowest BCUT2D eigenvalue weighted by Crippen LogP contribution is -2.35. The molecule has 1 aromatic carbocycles. The van der Waals surface area contributed by atoms with Gasteiger partial charge in [0.25, 0.3) is 0 Å². The Kier molecular flexibility index (Phi) is 5.32. The molecule has 1 aliphatic rings. The number of benzene rings is 1. The molecule has 0 atom stereocenters. The van der Waals surface area contributed by atoms with Gasteiger partial charge in [-0.2, -0.15) is 0 Å². The highest BCUT2D eigenvalue weighted by Crippen LogP contribution is 2.42. The number of fused-ring (bicyclic) bond motifs is 3. The van der Waals surface area contributed by atoms with Crippen molar-refractivity contribution < 1.29 is 14.3 Å². The van der Waals surface area contributed by atoms with Crippen LogP contribution in [-0.4, -0.2) is 54.2 Å². The van der Waals surface area contributed by atoms with Crippen molar-refractivity contribution in [3.8, 4) is 11.6 Å². The number of ether oxygens (including phenoxy) is 2. The van der Waals surface area contributed by atoms with E-state index >= 15 is 0 Å². The molecule has 7 nitrogen and oxygen atoms in total. The first-order valence-corrected chi connectivity index (χ1v) is 10.3. The predicted octanol–water partition coefficient (Wildman–Crippen LogP) is 3.81. The van der Waals surface area contributed by atoms with Crippen LogP contribution in [0.5, 0.6) is 11.6 Å². The van der Waals surface area contributed by atoms with Crippen LogP contribution in [0.1, 0.15) is 25.7 Å². The van der Waals surface area contributed by atoms with Crippen LogP contribution in [0.3, 0.4) is 0 Å². The third-order valence-corrected chi connectivity index (χ3v) is 6.34. The summed E-state index contributed by atoms with van der Waals surface area (Å²) < 4.78 is 12.8. The molecule has 2 heterocycles. The van der Waals surface area contributed by atoms with Gasteiger partial charge in [-0.05, 0) is 51.9 Å². The standard InChI is InChI=1S/C20H24N4O3S/c1-21-20(25)27-14-5-4-6-15-16(14)17-18(22-11-23-19(17)28-15)26-13-9-7-12(8-10-13)24(2)3/h4-6,11-13H,7-10H2,1-3H3,(H,21,25)/t12-,13-. The van der Waals surface area contributed by atoms with E-state index in [1.165, 1.54) is 13.4 Å². The SMILES string of the molecule is CNC(=O)Oc1cccc2sc3ncnc(O[C@H]4CC[C@H](N(C)C)CC4)c3c12. The Hall–Kier alpha value is -2.45. The number of carbonyl (C=O) groups is 1. The molecular weight excluding hydrogens is 376 g/mol. The third kappa shape index (κ3) is 3.62. The van der Waals surface area contributed by atoms with Crippen LogP contribution >= 0.6 is 11.3 Å². The highest BCUT2D eigenvalue weighted by Gasteiger charge is 2.26. The van der Waals surface area contributed by atoms with Crippen LogP contribution < -0.4 is 14.8 Å². The number of thiophene rings is 1. The Morgan fingerprint density at radius 1 is 1.18 bits per heavy atom. The lowest BCUT2D eigenvalue weighted by Gasteiger charge is -2.32. The molecule has 1 aliphatic carbocycles. The number of carbonyl (C=O) groups excluding carboxylic acids is 1. The molecule has 3 aromatic rings. The second kappa shape index (κ2) is 7.89. The molecule has 0 unspecified atom stereocenters. The Balaban J connectivity index is 1.69. The van der Waals surface area contributed by atoms with Gasteiger partial charge in [0.15, 0.2) is 0 Å². The Bertz CT molecular complexity index is 996. The molecule has 1 N–H and O–H groups in total. The van der Waals surface area contributed by atoms with E-state index < -0.39 is 6.09 Å². The van der Waals surface area contributed by atoms with Gasteiger partial charge in [0.2, 0.25) is 5.88 Å². The zero-order chi connectivity index (χ0) is 19.7. The molecule has 28 heavy (non-hydrogen) atoms. The lowest BCUT2D eigenvalue weighted by molar-refractivity contribution is 0.108. The summed E-state index contributed by atoms with van der Waals surface area (Å²) in [4.78, 5) is 23.7. The number of nitrogens with zero attached hydrogens (tertiary/aromatic N) is 3. The highest BCUT2D eigenvalue weighted by molar-refractivity contribution is 7.25. The first-order chi connectivity index (χ1) is 13.6. The molecule has 0 aliphatic heterocycles. The fourth-order valence-corrected chi connectivity index (χ4v) is 4.81. The Morgan fingerprint density at radius 3 is 2.68 bits per heavy atom. The van der Waals surface area contributed by atoms with Crippen molar-refractivity contribution in [2.24, 2.45) is 0 Å². The molecule has 4 rings (SSSR count). The number of amides is 1. The van der Waals surface area contributed by atoms with E-state index in [1.54, 1.807) is 17.4 Å². The van der Waals surface area contributed by atoms with Crippen molar-refractivity contribution in [3.63, 3.8) is 0 Å². The van der Waals surface area contributed by atoms with Gasteiger partial charge in [0, 0.05) is 17.8 Å². The van der Waals surface area contributed by atoms with Gasteiger partial charge in [0.1, 0.15) is 23.0 Å². The molecule has 0 spiro atoms. The average Bonchev–Trinajstić information content (AvgIpc) is 3.09. The van der Waals surface area contributed by atoms with Gasteiger partial charge >= 0.3 is 6.09 Å². The van der Waals surface area contributed by atoms with Crippen LogP contribution in [0.25, 0.3) is 20.3 Å². The van der Waals surface area contributed by atoms with E-state index in [-0.39, 0.29) is 6.10 Å². The van der Waals surface area contributed by atoms with E-state index in [0.29, 0.717) is 17.7 Å². The van der Waals surface area contributed by atoms with Gasteiger partial charge in [-0.25, -0.2) is 14.8 Å². The van der Waals surface area contributed by atoms with E-state index in [1.807, 2.05) is 12.1 Å². The zero-order valence-electron chi connectivity index (χ0n) is 16.3. The van der Waals surface area contributed by atoms with Crippen LogP contribution in [0.2, 0.25) is 0 Å². The van der Waals surface area contributed by atoms with Crippen molar-refractivity contribution in [3.05, 3.63) is 24.5 Å². The molecule has 2 aromatic heterocycles. The summed E-state index contributed by atoms with van der Waals surface area (Å²) in [5.74, 6) is 1.05. The lowest BCUT2D eigenvalue weighted by atomic mass is 9.92. The van der Waals surface area contributed by atoms with E-state index in [2.05, 4.69) is 34.3 Å². The summed E-state index contributed by atoms with van der Waals surface area (Å²) >= 11 is 1.54. The minimum absolute atomic E-state index is 0.135. The zero-order valence-corrected chi connectivity index (χ0v) is 17.1. The normalized spacial score (nSPS) is 19.9. The van der Waals surface area contributed by atoms with E-state index in [4.69, 9.17) is 9.47 Å². The highest BCUT2D eigenvalue weighted by atomic mass is 32.1. The second-order valence-corrected chi connectivity index (χ2v) is 8.27. The maximum atomic E-state index is 11.8. The minimum Gasteiger partial charge on any atom is -0.474 e. The van der Waals surface area contributed by atoms with Gasteiger partial charge in [-0.1, -0.05) is 6.07 Å².